The van der Waals surface area contributed by atoms with Gasteiger partial charge in [-0.2, -0.15) is 0 Å². The molecular formula is C28H47NO7. The summed E-state index contributed by atoms with van der Waals surface area (Å²) in [6, 6.07) is 2.63. The molecule has 1 aliphatic carbocycles. The van der Waals surface area contributed by atoms with Crippen LogP contribution in [0, 0.1) is 5.41 Å². The number of nitrogens with one attached hydrogen (secondary N) is 1. The van der Waals surface area contributed by atoms with Gasteiger partial charge in [0.05, 0.1) is 24.9 Å². The average molecular weight is 510 g/mol. The van der Waals surface area contributed by atoms with E-state index in [1.807, 2.05) is 26.8 Å². The van der Waals surface area contributed by atoms with Crippen molar-refractivity contribution in [2.24, 2.45) is 5.41 Å². The molecule has 0 aromatic heterocycles. The van der Waals surface area contributed by atoms with Crippen LogP contribution in [-0.2, 0) is 18.9 Å². The average Bonchev–Trinajstić information content (AvgIpc) is 3.66. The standard InChI is InChI=1S/C19H33NO5.C6H12O.C3H2O/c1-7-8-9-14(20-16(22)25-17(2,3)4)15(21)13-10-19(13)23-11-18(5,6)12-24-19;1-6(2)4-3-5-7-6;4-3-1-2-3/h10,14-15,21H,7-9,11-12H2,1-6H3,(H,20,22);3-5H2,1-2H3;1-2H/t14-,15?;;/m0../s1. The van der Waals surface area contributed by atoms with E-state index in [1.54, 1.807) is 0 Å². The number of alkyl carbamates (subject to hydrolysis) is 1. The first-order valence-electron chi connectivity index (χ1n) is 13.1. The zero-order chi connectivity index (χ0) is 27.2. The van der Waals surface area contributed by atoms with E-state index in [1.165, 1.54) is 25.0 Å². The van der Waals surface area contributed by atoms with Gasteiger partial charge in [-0.25, -0.2) is 4.79 Å². The SMILES string of the molecule is CC1(C)CCCO1.CCCC[C@H](NC(=O)OC(C)(C)C)C(O)C1=CC12OCC(C)(C)CO2.O=c1cc1. The zero-order valence-corrected chi connectivity index (χ0v) is 23.4. The lowest BCUT2D eigenvalue weighted by molar-refractivity contribution is -0.233. The van der Waals surface area contributed by atoms with Gasteiger partial charge in [0.1, 0.15) is 11.7 Å². The molecule has 2 N–H and O–H groups in total. The number of amides is 1. The summed E-state index contributed by atoms with van der Waals surface area (Å²) >= 11 is 0. The number of hydrogen-bond donors (Lipinski definition) is 2. The first kappa shape index (κ1) is 30.5. The quantitative estimate of drug-likeness (QED) is 0.539. The predicted octanol–water partition coefficient (Wildman–Crippen LogP) is 4.64. The monoisotopic (exact) mass is 509 g/mol. The number of rotatable bonds is 6. The molecule has 4 rings (SSSR count). The summed E-state index contributed by atoms with van der Waals surface area (Å²) < 4.78 is 22.4. The summed E-state index contributed by atoms with van der Waals surface area (Å²) in [6.45, 7) is 18.0. The summed E-state index contributed by atoms with van der Waals surface area (Å²) in [5.74, 6) is -0.880. The molecule has 206 valence electrons. The molecule has 1 aromatic rings. The predicted molar refractivity (Wildman–Crippen MR) is 140 cm³/mol. The number of aliphatic hydroxyl groups is 1. The second-order valence-corrected chi connectivity index (χ2v) is 12.3. The number of carbonyl (C=O) groups excluding carboxylic acids is 1. The Bertz CT molecular complexity index is 844. The zero-order valence-electron chi connectivity index (χ0n) is 23.4. The van der Waals surface area contributed by atoms with Gasteiger partial charge in [-0.3, -0.25) is 4.79 Å². The summed E-state index contributed by atoms with van der Waals surface area (Å²) in [4.78, 5) is 21.6. The molecule has 2 atom stereocenters. The molecule has 1 unspecified atom stereocenters. The normalized spacial score (nSPS) is 22.9. The topological polar surface area (TPSA) is 103 Å². The van der Waals surface area contributed by atoms with Crippen LogP contribution in [0.2, 0.25) is 0 Å². The van der Waals surface area contributed by atoms with E-state index in [2.05, 4.69) is 39.9 Å². The van der Waals surface area contributed by atoms with Crippen LogP contribution < -0.4 is 10.7 Å². The summed E-state index contributed by atoms with van der Waals surface area (Å²) in [6.07, 6.45) is 5.45. The van der Waals surface area contributed by atoms with E-state index in [0.717, 1.165) is 19.4 Å². The van der Waals surface area contributed by atoms with Gasteiger partial charge < -0.3 is 29.4 Å². The Morgan fingerprint density at radius 1 is 1.14 bits per heavy atom. The lowest BCUT2D eigenvalue weighted by Crippen LogP contribution is -2.48. The molecule has 2 saturated heterocycles. The molecule has 1 amide bonds. The van der Waals surface area contributed by atoms with Gasteiger partial charge in [-0.1, -0.05) is 33.6 Å². The van der Waals surface area contributed by atoms with E-state index >= 15 is 0 Å². The van der Waals surface area contributed by atoms with Crippen LogP contribution in [0.25, 0.3) is 0 Å². The highest BCUT2D eigenvalue weighted by molar-refractivity contribution is 5.68. The first-order chi connectivity index (χ1) is 16.6. The van der Waals surface area contributed by atoms with Crippen molar-refractivity contribution in [3.05, 3.63) is 34.0 Å². The van der Waals surface area contributed by atoms with Crippen molar-refractivity contribution in [3.63, 3.8) is 0 Å². The maximum atomic E-state index is 12.1. The minimum atomic E-state index is -0.880. The van der Waals surface area contributed by atoms with Crippen LogP contribution in [0.3, 0.4) is 0 Å². The van der Waals surface area contributed by atoms with Crippen LogP contribution >= 0.6 is 0 Å². The second-order valence-electron chi connectivity index (χ2n) is 12.3. The number of ether oxygens (including phenoxy) is 4. The molecule has 8 nitrogen and oxygen atoms in total. The minimum absolute atomic E-state index is 0.0336. The highest BCUT2D eigenvalue weighted by atomic mass is 16.7. The molecule has 0 bridgehead atoms. The minimum Gasteiger partial charge on any atom is -0.444 e. The third kappa shape index (κ3) is 10.7. The third-order valence-electron chi connectivity index (χ3n) is 6.01. The van der Waals surface area contributed by atoms with Gasteiger partial charge in [0, 0.05) is 17.6 Å². The molecule has 2 heterocycles. The number of unbranched alkanes of at least 4 members (excludes halogenated alkanes) is 1. The smallest absolute Gasteiger partial charge is 0.407 e. The molecule has 0 saturated carbocycles. The Morgan fingerprint density at radius 3 is 2.11 bits per heavy atom. The molecule has 1 spiro atoms. The third-order valence-corrected chi connectivity index (χ3v) is 6.01. The van der Waals surface area contributed by atoms with Gasteiger partial charge in [0.2, 0.25) is 5.79 Å². The van der Waals surface area contributed by atoms with E-state index in [0.29, 0.717) is 25.2 Å². The van der Waals surface area contributed by atoms with E-state index in [-0.39, 0.29) is 16.4 Å². The molecule has 2 aliphatic heterocycles. The number of hydrogen-bond acceptors (Lipinski definition) is 7. The highest BCUT2D eigenvalue weighted by Gasteiger charge is 2.55. The Kier molecular flexibility index (Phi) is 10.3. The Morgan fingerprint density at radius 2 is 1.72 bits per heavy atom. The van der Waals surface area contributed by atoms with Gasteiger partial charge in [-0.05, 0) is 72.1 Å². The number of carbonyl (C=O) groups is 1. The molecule has 2 fully saturated rings. The van der Waals surface area contributed by atoms with Crippen LogP contribution in [0.1, 0.15) is 87.5 Å². The van der Waals surface area contributed by atoms with Crippen LogP contribution in [0.5, 0.6) is 0 Å². The second kappa shape index (κ2) is 12.2. The fourth-order valence-corrected chi connectivity index (χ4v) is 3.76. The van der Waals surface area contributed by atoms with Gasteiger partial charge in [0.25, 0.3) is 0 Å². The molecule has 3 aliphatic rings. The van der Waals surface area contributed by atoms with Crippen molar-refractivity contribution >= 4 is 6.09 Å². The van der Waals surface area contributed by atoms with Crippen molar-refractivity contribution in [3.8, 4) is 0 Å². The molecule has 36 heavy (non-hydrogen) atoms. The highest BCUT2D eigenvalue weighted by Crippen LogP contribution is 2.47. The Hall–Kier alpha value is -1.74. The van der Waals surface area contributed by atoms with Crippen molar-refractivity contribution in [2.75, 3.05) is 19.8 Å². The van der Waals surface area contributed by atoms with E-state index in [9.17, 15) is 14.7 Å². The van der Waals surface area contributed by atoms with Crippen molar-refractivity contribution in [1.82, 2.24) is 5.32 Å². The van der Waals surface area contributed by atoms with Gasteiger partial charge in [-0.15, -0.1) is 0 Å². The van der Waals surface area contributed by atoms with Crippen molar-refractivity contribution in [2.45, 2.75) is 117 Å². The van der Waals surface area contributed by atoms with Gasteiger partial charge in [0.15, 0.2) is 5.43 Å². The lowest BCUT2D eigenvalue weighted by atomic mass is 9.95. The van der Waals surface area contributed by atoms with Crippen LogP contribution in [0.4, 0.5) is 4.79 Å². The van der Waals surface area contributed by atoms with Crippen LogP contribution in [-0.4, -0.2) is 60.2 Å². The van der Waals surface area contributed by atoms with Crippen molar-refractivity contribution in [1.29, 1.82) is 0 Å². The van der Waals surface area contributed by atoms with E-state index < -0.39 is 29.6 Å². The number of aliphatic hydroxyl groups excluding tert-OH is 1. The molecule has 0 radical (unpaired) electrons. The van der Waals surface area contributed by atoms with Crippen molar-refractivity contribution < 1.29 is 28.8 Å². The maximum Gasteiger partial charge on any atom is 0.407 e. The maximum absolute atomic E-state index is 12.1. The summed E-state index contributed by atoms with van der Waals surface area (Å²) in [5.41, 5.74) is 0.444. The fourth-order valence-electron chi connectivity index (χ4n) is 3.76. The van der Waals surface area contributed by atoms with E-state index in [4.69, 9.17) is 18.9 Å². The fraction of sp³-hybridized carbons (Fsp3) is 0.786. The lowest BCUT2D eigenvalue weighted by Gasteiger charge is -2.37. The Balaban J connectivity index is 0.000000337. The van der Waals surface area contributed by atoms with Crippen LogP contribution in [0.15, 0.2) is 28.6 Å². The summed E-state index contributed by atoms with van der Waals surface area (Å²) in [5, 5.41) is 13.6. The molecule has 1 aromatic carbocycles. The largest absolute Gasteiger partial charge is 0.444 e. The first-order valence-corrected chi connectivity index (χ1v) is 13.1. The summed E-state index contributed by atoms with van der Waals surface area (Å²) in [7, 11) is 0. The van der Waals surface area contributed by atoms with Gasteiger partial charge >= 0.3 is 6.09 Å². The molecular weight excluding hydrogens is 462 g/mol. The Labute approximate surface area is 216 Å². The molecule has 8 heteroatoms.